The van der Waals surface area contributed by atoms with Crippen LogP contribution in [0.3, 0.4) is 0 Å². The third kappa shape index (κ3) is 5.03. The number of aliphatic imine (C=N–C) groups is 1. The Labute approximate surface area is 107 Å². The van der Waals surface area contributed by atoms with Crippen molar-refractivity contribution in [3.63, 3.8) is 0 Å². The molecule has 0 heterocycles. The summed E-state index contributed by atoms with van der Waals surface area (Å²) in [5, 5.41) is 3.07. The zero-order valence-electron chi connectivity index (χ0n) is 10.8. The maximum atomic E-state index is 5.39. The van der Waals surface area contributed by atoms with Crippen LogP contribution < -0.4 is 21.3 Å². The monoisotopic (exact) mass is 252 g/mol. The number of hydrazine groups is 1. The summed E-state index contributed by atoms with van der Waals surface area (Å²) in [6, 6.07) is 7.50. The van der Waals surface area contributed by atoms with Crippen molar-refractivity contribution in [3.8, 4) is 5.75 Å². The molecule has 0 radical (unpaired) electrons. The molecule has 0 fully saturated rings. The molecule has 1 rings (SSSR count). The van der Waals surface area contributed by atoms with Gasteiger partial charge in [-0.1, -0.05) is 0 Å². The molecule has 0 bridgehead atoms. The quantitative estimate of drug-likeness (QED) is 0.231. The summed E-state index contributed by atoms with van der Waals surface area (Å²) in [6.07, 6.45) is 0.853. The molecule has 6 nitrogen and oxygen atoms in total. The van der Waals surface area contributed by atoms with E-state index in [9.17, 15) is 0 Å². The second kappa shape index (κ2) is 8.32. The van der Waals surface area contributed by atoms with Crippen molar-refractivity contribution in [1.82, 2.24) is 5.43 Å². The van der Waals surface area contributed by atoms with Crippen LogP contribution in [0.2, 0.25) is 0 Å². The van der Waals surface area contributed by atoms with Gasteiger partial charge in [0.25, 0.3) is 0 Å². The van der Waals surface area contributed by atoms with Crippen LogP contribution in [0.1, 0.15) is 6.42 Å². The number of hydrogen-bond acceptors (Lipinski definition) is 4. The molecule has 1 aromatic carbocycles. The largest absolute Gasteiger partial charge is 0.497 e. The van der Waals surface area contributed by atoms with Gasteiger partial charge in [0.1, 0.15) is 5.75 Å². The minimum atomic E-state index is 0.524. The Morgan fingerprint density at radius 2 is 2.00 bits per heavy atom. The fraction of sp³-hybridized carbons (Fsp3) is 0.417. The average molecular weight is 252 g/mol. The van der Waals surface area contributed by atoms with E-state index in [1.54, 1.807) is 14.2 Å². The van der Waals surface area contributed by atoms with Gasteiger partial charge in [0.2, 0.25) is 5.96 Å². The van der Waals surface area contributed by atoms with E-state index in [4.69, 9.17) is 15.3 Å². The molecular weight excluding hydrogens is 232 g/mol. The summed E-state index contributed by atoms with van der Waals surface area (Å²) in [5.41, 5.74) is 3.41. The predicted molar refractivity (Wildman–Crippen MR) is 72.7 cm³/mol. The van der Waals surface area contributed by atoms with E-state index in [0.717, 1.165) is 17.9 Å². The first-order chi connectivity index (χ1) is 8.80. The Morgan fingerprint density at radius 1 is 1.28 bits per heavy atom. The van der Waals surface area contributed by atoms with E-state index in [1.165, 1.54) is 0 Å². The van der Waals surface area contributed by atoms with Gasteiger partial charge in [0, 0.05) is 25.9 Å². The van der Waals surface area contributed by atoms with Gasteiger partial charge in [-0.3, -0.25) is 10.4 Å². The summed E-state index contributed by atoms with van der Waals surface area (Å²) >= 11 is 0. The molecule has 0 amide bonds. The molecule has 0 aromatic heterocycles. The first-order valence-electron chi connectivity index (χ1n) is 5.71. The second-order valence-corrected chi connectivity index (χ2v) is 3.57. The van der Waals surface area contributed by atoms with Gasteiger partial charge in [0.05, 0.1) is 7.11 Å². The predicted octanol–water partition coefficient (Wildman–Crippen LogP) is 0.963. The van der Waals surface area contributed by atoms with Crippen LogP contribution in [-0.2, 0) is 4.74 Å². The van der Waals surface area contributed by atoms with Crippen molar-refractivity contribution in [2.75, 3.05) is 32.7 Å². The average Bonchev–Trinajstić information content (AvgIpc) is 2.43. The summed E-state index contributed by atoms with van der Waals surface area (Å²) in [5.74, 6) is 6.72. The molecule has 0 spiro atoms. The van der Waals surface area contributed by atoms with Gasteiger partial charge in [-0.2, -0.15) is 0 Å². The number of anilines is 1. The van der Waals surface area contributed by atoms with E-state index in [-0.39, 0.29) is 0 Å². The van der Waals surface area contributed by atoms with Gasteiger partial charge < -0.3 is 14.8 Å². The molecule has 0 unspecified atom stereocenters. The van der Waals surface area contributed by atoms with Crippen LogP contribution in [0.5, 0.6) is 5.75 Å². The number of methoxy groups -OCH3 is 2. The highest BCUT2D eigenvalue weighted by Crippen LogP contribution is 2.14. The lowest BCUT2D eigenvalue weighted by Gasteiger charge is -2.09. The minimum Gasteiger partial charge on any atom is -0.497 e. The van der Waals surface area contributed by atoms with Crippen molar-refractivity contribution >= 4 is 11.6 Å². The lowest BCUT2D eigenvalue weighted by atomic mass is 10.3. The van der Waals surface area contributed by atoms with Gasteiger partial charge in [-0.25, -0.2) is 5.84 Å². The lowest BCUT2D eigenvalue weighted by Crippen LogP contribution is -2.36. The first kappa shape index (κ1) is 14.3. The van der Waals surface area contributed by atoms with Gasteiger partial charge >= 0.3 is 0 Å². The van der Waals surface area contributed by atoms with Crippen LogP contribution in [0, 0.1) is 0 Å². The van der Waals surface area contributed by atoms with Gasteiger partial charge in [0.15, 0.2) is 0 Å². The topological polar surface area (TPSA) is 80.9 Å². The molecule has 1 aromatic rings. The Hall–Kier alpha value is -1.79. The highest BCUT2D eigenvalue weighted by atomic mass is 16.5. The second-order valence-electron chi connectivity index (χ2n) is 3.57. The Bertz CT molecular complexity index is 365. The van der Waals surface area contributed by atoms with E-state index in [1.807, 2.05) is 24.3 Å². The molecular formula is C12H20N4O2. The summed E-state index contributed by atoms with van der Waals surface area (Å²) in [6.45, 7) is 1.33. The number of benzene rings is 1. The molecule has 0 aliphatic heterocycles. The zero-order chi connectivity index (χ0) is 13.2. The number of ether oxygens (including phenoxy) is 2. The summed E-state index contributed by atoms with van der Waals surface area (Å²) in [7, 11) is 3.30. The highest BCUT2D eigenvalue weighted by molar-refractivity contribution is 5.93. The summed E-state index contributed by atoms with van der Waals surface area (Å²) in [4.78, 5) is 4.28. The number of nitrogens with zero attached hydrogens (tertiary/aromatic N) is 1. The van der Waals surface area contributed by atoms with E-state index < -0.39 is 0 Å². The van der Waals surface area contributed by atoms with Crippen LogP contribution in [0.15, 0.2) is 29.3 Å². The third-order valence-electron chi connectivity index (χ3n) is 2.27. The van der Waals surface area contributed by atoms with Crippen molar-refractivity contribution in [2.24, 2.45) is 10.8 Å². The van der Waals surface area contributed by atoms with E-state index >= 15 is 0 Å². The molecule has 100 valence electrons. The maximum absolute atomic E-state index is 5.39. The van der Waals surface area contributed by atoms with Crippen molar-refractivity contribution in [2.45, 2.75) is 6.42 Å². The van der Waals surface area contributed by atoms with Crippen LogP contribution in [-0.4, -0.2) is 33.3 Å². The third-order valence-corrected chi connectivity index (χ3v) is 2.27. The smallest absolute Gasteiger partial charge is 0.210 e. The fourth-order valence-electron chi connectivity index (χ4n) is 1.33. The lowest BCUT2D eigenvalue weighted by molar-refractivity contribution is 0.197. The number of nitrogens with two attached hydrogens (primary N) is 1. The van der Waals surface area contributed by atoms with E-state index in [2.05, 4.69) is 15.7 Å². The van der Waals surface area contributed by atoms with Crippen LogP contribution in [0.4, 0.5) is 5.69 Å². The molecule has 0 aliphatic carbocycles. The molecule has 0 atom stereocenters. The number of guanidine groups is 1. The Kier molecular flexibility index (Phi) is 6.60. The zero-order valence-corrected chi connectivity index (χ0v) is 10.8. The molecule has 0 saturated carbocycles. The fourth-order valence-corrected chi connectivity index (χ4v) is 1.33. The van der Waals surface area contributed by atoms with Crippen LogP contribution >= 0.6 is 0 Å². The Morgan fingerprint density at radius 3 is 2.56 bits per heavy atom. The standard InChI is InChI=1S/C12H20N4O2/c1-17-9-3-8-14-12(16-13)15-10-4-6-11(18-2)7-5-10/h4-7H,3,8-9,13H2,1-2H3,(H2,14,15,16). The molecule has 4 N–H and O–H groups in total. The molecule has 0 saturated heterocycles. The first-order valence-corrected chi connectivity index (χ1v) is 5.71. The minimum absolute atomic E-state index is 0.524. The SMILES string of the molecule is COCCCN=C(NN)Nc1ccc(OC)cc1. The highest BCUT2D eigenvalue weighted by Gasteiger charge is 1.98. The van der Waals surface area contributed by atoms with E-state index in [0.29, 0.717) is 19.1 Å². The molecule has 18 heavy (non-hydrogen) atoms. The normalized spacial score (nSPS) is 11.2. The molecule has 6 heteroatoms. The van der Waals surface area contributed by atoms with Crippen molar-refractivity contribution in [1.29, 1.82) is 0 Å². The Balaban J connectivity index is 2.50. The molecule has 0 aliphatic rings. The number of nitrogens with one attached hydrogen (secondary N) is 2. The van der Waals surface area contributed by atoms with Crippen LogP contribution in [0.25, 0.3) is 0 Å². The number of rotatable bonds is 6. The maximum Gasteiger partial charge on any atom is 0.210 e. The van der Waals surface area contributed by atoms with Crippen molar-refractivity contribution < 1.29 is 9.47 Å². The van der Waals surface area contributed by atoms with Gasteiger partial charge in [-0.05, 0) is 30.7 Å². The van der Waals surface area contributed by atoms with Crippen molar-refractivity contribution in [3.05, 3.63) is 24.3 Å². The number of hydrogen-bond donors (Lipinski definition) is 3. The summed E-state index contributed by atoms with van der Waals surface area (Å²) < 4.78 is 10.0. The van der Waals surface area contributed by atoms with Gasteiger partial charge in [-0.15, -0.1) is 0 Å².